The van der Waals surface area contributed by atoms with Crippen molar-refractivity contribution >= 4 is 52.6 Å². The van der Waals surface area contributed by atoms with Gasteiger partial charge in [0, 0.05) is 25.2 Å². The summed E-state index contributed by atoms with van der Waals surface area (Å²) in [6.07, 6.45) is 0.921. The summed E-state index contributed by atoms with van der Waals surface area (Å²) in [5, 5.41) is 34.0. The number of β-lactam (4-membered cyclic amide) rings is 1. The van der Waals surface area contributed by atoms with E-state index < -0.39 is 57.1 Å². The fraction of sp³-hybridized carbons (Fsp3) is 0.421. The van der Waals surface area contributed by atoms with Crippen LogP contribution < -0.4 is 10.7 Å². The molecule has 1 heterocycles. The molecule has 1 saturated heterocycles. The molecule has 1 aromatic carbocycles. The van der Waals surface area contributed by atoms with Gasteiger partial charge in [-0.05, 0) is 36.6 Å². The molecule has 3 unspecified atom stereocenters. The maximum Gasteiger partial charge on any atom is 0.328 e. The molecule has 34 heavy (non-hydrogen) atoms. The standard InChI is InChI=1S/C19H21ClN4O9S/c1-19(34(32)33,15(18(30)31)24-10-6-9(10)17(24)29)7-22-23-12(26)4-5-21-16(28)8-2-3-11(25)14(27)13(8)20/h2-3,7,9-10,15,25,27H,4-6H2,1H3,(H,21,28)(H,23,26)(H,30,31)(H,32,33)/p-1/b22-7+/t9?,10-,15+,19?/m1/s1. The number of hydrogen-bond acceptors (Lipinski definition) is 9. The zero-order valence-corrected chi connectivity index (χ0v) is 19.1. The molecule has 5 atom stereocenters. The van der Waals surface area contributed by atoms with Gasteiger partial charge in [0.15, 0.2) is 17.5 Å². The molecular formula is C19H20ClN4O9S-. The number of carboxylic acid groups (broad SMARTS) is 1. The highest BCUT2D eigenvalue weighted by atomic mass is 35.5. The summed E-state index contributed by atoms with van der Waals surface area (Å²) >= 11 is 2.79. The van der Waals surface area contributed by atoms with Crippen LogP contribution in [0, 0.1) is 5.92 Å². The van der Waals surface area contributed by atoms with Crippen LogP contribution in [-0.4, -0.2) is 82.3 Å². The molecule has 3 amide bonds. The highest BCUT2D eigenvalue weighted by molar-refractivity contribution is 7.81. The summed E-state index contributed by atoms with van der Waals surface area (Å²) in [4.78, 5) is 48.9. The summed E-state index contributed by atoms with van der Waals surface area (Å²) < 4.78 is 21.6. The molecule has 1 aromatic rings. The van der Waals surface area contributed by atoms with Gasteiger partial charge in [-0.1, -0.05) is 11.6 Å². The maximum atomic E-state index is 12.1. The number of aliphatic carboxylic acids is 1. The van der Waals surface area contributed by atoms with Gasteiger partial charge in [-0.25, -0.2) is 10.2 Å². The van der Waals surface area contributed by atoms with E-state index in [4.69, 9.17) is 11.6 Å². The van der Waals surface area contributed by atoms with Crippen LogP contribution in [0.4, 0.5) is 0 Å². The Morgan fingerprint density at radius 2 is 2.09 bits per heavy atom. The molecular weight excluding hydrogens is 496 g/mol. The molecule has 0 radical (unpaired) electrons. The molecule has 2 aliphatic rings. The first-order chi connectivity index (χ1) is 15.9. The predicted molar refractivity (Wildman–Crippen MR) is 116 cm³/mol. The molecule has 2 fully saturated rings. The van der Waals surface area contributed by atoms with Crippen molar-refractivity contribution in [1.29, 1.82) is 0 Å². The Balaban J connectivity index is 1.57. The van der Waals surface area contributed by atoms with Crippen molar-refractivity contribution < 1.29 is 43.3 Å². The molecule has 0 spiro atoms. The van der Waals surface area contributed by atoms with Crippen molar-refractivity contribution in [3.8, 4) is 11.5 Å². The molecule has 184 valence electrons. The number of likely N-dealkylation sites (tertiary alicyclic amines) is 1. The number of amides is 3. The summed E-state index contributed by atoms with van der Waals surface area (Å²) in [5.41, 5.74) is 1.91. The van der Waals surface area contributed by atoms with Gasteiger partial charge >= 0.3 is 5.97 Å². The van der Waals surface area contributed by atoms with Crippen molar-refractivity contribution in [2.24, 2.45) is 11.0 Å². The number of carboxylic acids is 1. The van der Waals surface area contributed by atoms with Crippen LogP contribution in [-0.2, 0) is 25.5 Å². The molecule has 5 N–H and O–H groups in total. The molecule has 1 aliphatic carbocycles. The van der Waals surface area contributed by atoms with Crippen LogP contribution in [0.2, 0.25) is 5.02 Å². The van der Waals surface area contributed by atoms with Gasteiger partial charge in [0.25, 0.3) is 5.91 Å². The summed E-state index contributed by atoms with van der Waals surface area (Å²) in [6, 6.07) is 0.211. The number of nitrogens with one attached hydrogen (secondary N) is 2. The minimum Gasteiger partial charge on any atom is -0.772 e. The highest BCUT2D eigenvalue weighted by Crippen LogP contribution is 2.50. The number of halogens is 1. The lowest BCUT2D eigenvalue weighted by molar-refractivity contribution is -0.157. The normalized spacial score (nSPS) is 22.2. The Labute approximate surface area is 200 Å². The minimum absolute atomic E-state index is 0.137. The SMILES string of the molecule is CC(/C=N/NC(=O)CCNC(=O)c1ccc(O)c(O)c1Cl)([C@H](C(=O)O)N1C(=O)C2C[C@H]21)S(=O)[O-]. The summed E-state index contributed by atoms with van der Waals surface area (Å²) in [7, 11) is 0. The average molecular weight is 516 g/mol. The summed E-state index contributed by atoms with van der Waals surface area (Å²) in [6.45, 7) is 0.885. The quantitative estimate of drug-likeness (QED) is 0.0874. The topological polar surface area (TPSA) is 209 Å². The average Bonchev–Trinajstić information content (AvgIpc) is 3.50. The number of hydrazone groups is 1. The number of benzene rings is 1. The number of fused-ring (bicyclic) bond motifs is 1. The third kappa shape index (κ3) is 4.69. The van der Waals surface area contributed by atoms with Crippen molar-refractivity contribution in [3.63, 3.8) is 0 Å². The predicted octanol–water partition coefficient (Wildman–Crippen LogP) is -0.705. The van der Waals surface area contributed by atoms with Crippen LogP contribution in [0.5, 0.6) is 11.5 Å². The number of phenols is 2. The van der Waals surface area contributed by atoms with Gasteiger partial charge in [-0.3, -0.25) is 18.6 Å². The fourth-order valence-corrected chi connectivity index (χ4v) is 4.37. The first-order valence-electron chi connectivity index (χ1n) is 9.86. The molecule has 1 saturated carbocycles. The zero-order chi connectivity index (χ0) is 25.4. The second-order valence-corrected chi connectivity index (χ2v) is 9.64. The van der Waals surface area contributed by atoms with Gasteiger partial charge < -0.3 is 30.1 Å². The second-order valence-electron chi connectivity index (χ2n) is 7.91. The number of hydrogen-bond donors (Lipinski definition) is 5. The monoisotopic (exact) mass is 515 g/mol. The van der Waals surface area contributed by atoms with Gasteiger partial charge in [0.2, 0.25) is 11.8 Å². The minimum atomic E-state index is -3.01. The van der Waals surface area contributed by atoms with E-state index in [1.165, 1.54) is 6.07 Å². The van der Waals surface area contributed by atoms with Crippen molar-refractivity contribution in [2.75, 3.05) is 6.54 Å². The Hall–Kier alpha value is -3.23. The molecule has 1 aliphatic heterocycles. The maximum absolute atomic E-state index is 12.1. The van der Waals surface area contributed by atoms with Crippen LogP contribution in [0.15, 0.2) is 17.2 Å². The molecule has 15 heteroatoms. The zero-order valence-electron chi connectivity index (χ0n) is 17.6. The fourth-order valence-electron chi connectivity index (χ4n) is 3.59. The van der Waals surface area contributed by atoms with Crippen LogP contribution in [0.3, 0.4) is 0 Å². The van der Waals surface area contributed by atoms with Gasteiger partial charge in [-0.2, -0.15) is 5.10 Å². The van der Waals surface area contributed by atoms with Gasteiger partial charge in [-0.15, -0.1) is 0 Å². The Kier molecular flexibility index (Phi) is 7.14. The van der Waals surface area contributed by atoms with E-state index in [1.807, 2.05) is 5.43 Å². The largest absolute Gasteiger partial charge is 0.772 e. The van der Waals surface area contributed by atoms with E-state index in [2.05, 4.69) is 10.4 Å². The van der Waals surface area contributed by atoms with Crippen molar-refractivity contribution in [3.05, 3.63) is 22.7 Å². The van der Waals surface area contributed by atoms with Crippen LogP contribution in [0.25, 0.3) is 0 Å². The number of aromatic hydroxyl groups is 2. The first kappa shape index (κ1) is 25.4. The lowest BCUT2D eigenvalue weighted by Gasteiger charge is -2.44. The molecule has 13 nitrogen and oxygen atoms in total. The van der Waals surface area contributed by atoms with E-state index >= 15 is 0 Å². The van der Waals surface area contributed by atoms with E-state index in [0.717, 1.165) is 24.1 Å². The van der Waals surface area contributed by atoms with Crippen LogP contribution >= 0.6 is 11.6 Å². The number of carbonyl (C=O) groups is 4. The Morgan fingerprint density at radius 3 is 2.65 bits per heavy atom. The van der Waals surface area contributed by atoms with Crippen LogP contribution in [0.1, 0.15) is 30.1 Å². The third-order valence-corrected chi connectivity index (χ3v) is 7.02. The van der Waals surface area contributed by atoms with E-state index in [1.54, 1.807) is 0 Å². The Morgan fingerprint density at radius 1 is 1.41 bits per heavy atom. The van der Waals surface area contributed by atoms with E-state index in [9.17, 15) is 43.3 Å². The molecule has 0 aromatic heterocycles. The smallest absolute Gasteiger partial charge is 0.328 e. The lowest BCUT2D eigenvalue weighted by Crippen LogP contribution is -2.65. The molecule has 0 bridgehead atoms. The number of carbonyl (C=O) groups excluding carboxylic acids is 3. The number of phenolic OH excluding ortho intramolecular Hbond substituents is 2. The summed E-state index contributed by atoms with van der Waals surface area (Å²) in [5.74, 6) is -4.87. The number of nitrogens with zero attached hydrogens (tertiary/aromatic N) is 2. The highest BCUT2D eigenvalue weighted by Gasteiger charge is 2.65. The van der Waals surface area contributed by atoms with E-state index in [0.29, 0.717) is 6.42 Å². The van der Waals surface area contributed by atoms with Gasteiger partial charge in [0.1, 0.15) is 0 Å². The van der Waals surface area contributed by atoms with Crippen molar-refractivity contribution in [1.82, 2.24) is 15.6 Å². The number of rotatable bonds is 10. The Bertz CT molecular complexity index is 1110. The van der Waals surface area contributed by atoms with E-state index in [-0.39, 0.29) is 35.5 Å². The van der Waals surface area contributed by atoms with Crippen molar-refractivity contribution in [2.45, 2.75) is 36.6 Å². The first-order valence-corrected chi connectivity index (χ1v) is 11.3. The lowest BCUT2D eigenvalue weighted by atomic mass is 9.97. The third-order valence-electron chi connectivity index (χ3n) is 5.59. The second kappa shape index (κ2) is 9.56. The molecule has 3 rings (SSSR count). The van der Waals surface area contributed by atoms with Gasteiger partial charge in [0.05, 0.1) is 21.3 Å².